The summed E-state index contributed by atoms with van der Waals surface area (Å²) in [5, 5.41) is 0. The lowest BCUT2D eigenvalue weighted by Crippen LogP contribution is -1.97. The van der Waals surface area contributed by atoms with E-state index in [1.165, 1.54) is 0 Å². The topological polar surface area (TPSA) is 17.8 Å². The van der Waals surface area contributed by atoms with Crippen molar-refractivity contribution in [1.29, 1.82) is 0 Å². The zero-order chi connectivity index (χ0) is 10.1. The molecule has 2 nitrogen and oxygen atoms in total. The van der Waals surface area contributed by atoms with Gasteiger partial charge in [-0.15, -0.1) is 0 Å². The molecule has 2 rings (SSSR count). The zero-order valence-electron chi connectivity index (χ0n) is 8.57. The number of aromatic nitrogens is 2. The largest absolute Gasteiger partial charge is 0.303 e. The molecule has 2 heteroatoms. The first-order chi connectivity index (χ1) is 6.74. The summed E-state index contributed by atoms with van der Waals surface area (Å²) < 4.78 is 2.06. The molecule has 0 radical (unpaired) electrons. The molecule has 0 N–H and O–H groups in total. The van der Waals surface area contributed by atoms with Crippen molar-refractivity contribution in [2.45, 2.75) is 19.8 Å². The molecule has 0 spiro atoms. The van der Waals surface area contributed by atoms with Crippen molar-refractivity contribution in [2.75, 3.05) is 0 Å². The van der Waals surface area contributed by atoms with E-state index in [0.29, 0.717) is 5.92 Å². The van der Waals surface area contributed by atoms with Crippen LogP contribution < -0.4 is 0 Å². The molecule has 0 fully saturated rings. The van der Waals surface area contributed by atoms with Gasteiger partial charge in [0.1, 0.15) is 5.82 Å². The summed E-state index contributed by atoms with van der Waals surface area (Å²) >= 11 is 0. The molecule has 0 unspecified atom stereocenters. The zero-order valence-corrected chi connectivity index (χ0v) is 8.57. The fourth-order valence-electron chi connectivity index (χ4n) is 1.66. The van der Waals surface area contributed by atoms with Crippen molar-refractivity contribution >= 4 is 17.2 Å². The van der Waals surface area contributed by atoms with Crippen LogP contribution in [-0.4, -0.2) is 9.55 Å². The van der Waals surface area contributed by atoms with Crippen molar-refractivity contribution in [3.8, 4) is 0 Å². The van der Waals surface area contributed by atoms with Crippen LogP contribution in [-0.2, 0) is 0 Å². The predicted octanol–water partition coefficient (Wildman–Crippen LogP) is 3.26. The predicted molar refractivity (Wildman–Crippen MR) is 60.2 cm³/mol. The first kappa shape index (κ1) is 9.00. The molecule has 0 atom stereocenters. The minimum absolute atomic E-state index is 0.417. The second-order valence-corrected chi connectivity index (χ2v) is 3.67. The number of fused-ring (bicyclic) bond motifs is 1. The van der Waals surface area contributed by atoms with Gasteiger partial charge in [-0.2, -0.15) is 0 Å². The summed E-state index contributed by atoms with van der Waals surface area (Å²) in [6.45, 7) is 8.10. The summed E-state index contributed by atoms with van der Waals surface area (Å²) in [6.07, 6.45) is 1.82. The Morgan fingerprint density at radius 3 is 2.71 bits per heavy atom. The van der Waals surface area contributed by atoms with Crippen LogP contribution in [0.3, 0.4) is 0 Å². The van der Waals surface area contributed by atoms with Crippen molar-refractivity contribution < 1.29 is 0 Å². The van der Waals surface area contributed by atoms with Gasteiger partial charge >= 0.3 is 0 Å². The maximum atomic E-state index is 4.57. The van der Waals surface area contributed by atoms with Crippen LogP contribution in [0.25, 0.3) is 17.2 Å². The van der Waals surface area contributed by atoms with E-state index in [1.54, 1.807) is 0 Å². The molecular formula is C12H14N2. The molecule has 0 saturated carbocycles. The third-order valence-electron chi connectivity index (χ3n) is 2.32. The molecule has 1 aromatic heterocycles. The quantitative estimate of drug-likeness (QED) is 0.704. The molecule has 0 aliphatic heterocycles. The Balaban J connectivity index is 2.78. The van der Waals surface area contributed by atoms with Crippen LogP contribution in [0, 0.1) is 0 Å². The van der Waals surface area contributed by atoms with E-state index >= 15 is 0 Å². The smallest absolute Gasteiger partial charge is 0.116 e. The number of para-hydroxylation sites is 2. The van der Waals surface area contributed by atoms with E-state index < -0.39 is 0 Å². The minimum Gasteiger partial charge on any atom is -0.303 e. The summed E-state index contributed by atoms with van der Waals surface area (Å²) in [5.41, 5.74) is 2.17. The summed E-state index contributed by atoms with van der Waals surface area (Å²) in [6, 6.07) is 8.12. The van der Waals surface area contributed by atoms with E-state index in [-0.39, 0.29) is 0 Å². The fourth-order valence-corrected chi connectivity index (χ4v) is 1.66. The van der Waals surface area contributed by atoms with Crippen LogP contribution in [0.2, 0.25) is 0 Å². The van der Waals surface area contributed by atoms with E-state index in [4.69, 9.17) is 0 Å². The first-order valence-electron chi connectivity index (χ1n) is 4.83. The minimum atomic E-state index is 0.417. The molecule has 0 aliphatic carbocycles. The molecule has 0 saturated heterocycles. The van der Waals surface area contributed by atoms with E-state index in [9.17, 15) is 0 Å². The molecule has 2 aromatic rings. The third kappa shape index (κ3) is 1.23. The Labute approximate surface area is 83.9 Å². The molecule has 0 amide bonds. The Bertz CT molecular complexity index is 466. The number of hydrogen-bond donors (Lipinski definition) is 0. The van der Waals surface area contributed by atoms with Crippen LogP contribution in [0.4, 0.5) is 0 Å². The molecule has 1 heterocycles. The van der Waals surface area contributed by atoms with Gasteiger partial charge in [-0.1, -0.05) is 32.6 Å². The second kappa shape index (κ2) is 3.29. The molecule has 1 aromatic carbocycles. The lowest BCUT2D eigenvalue weighted by atomic mass is 10.2. The van der Waals surface area contributed by atoms with Crippen LogP contribution >= 0.6 is 0 Å². The van der Waals surface area contributed by atoms with Gasteiger partial charge in [0.15, 0.2) is 0 Å². The van der Waals surface area contributed by atoms with Crippen molar-refractivity contribution in [3.63, 3.8) is 0 Å². The molecule has 14 heavy (non-hydrogen) atoms. The Morgan fingerprint density at radius 1 is 1.36 bits per heavy atom. The van der Waals surface area contributed by atoms with E-state index in [0.717, 1.165) is 16.9 Å². The standard InChI is InChI=1S/C12H14N2/c1-4-14-11-8-6-5-7-10(11)13-12(14)9(2)3/h4-9H,1H2,2-3H3. The average molecular weight is 186 g/mol. The number of nitrogens with zero attached hydrogens (tertiary/aromatic N) is 2. The monoisotopic (exact) mass is 186 g/mol. The van der Waals surface area contributed by atoms with Gasteiger partial charge in [0.25, 0.3) is 0 Å². The third-order valence-corrected chi connectivity index (χ3v) is 2.32. The van der Waals surface area contributed by atoms with Crippen molar-refractivity contribution in [2.24, 2.45) is 0 Å². The highest BCUT2D eigenvalue weighted by Crippen LogP contribution is 2.21. The first-order valence-corrected chi connectivity index (χ1v) is 4.83. The van der Waals surface area contributed by atoms with E-state index in [2.05, 4.69) is 36.0 Å². The maximum Gasteiger partial charge on any atom is 0.116 e. The van der Waals surface area contributed by atoms with Crippen LogP contribution in [0.5, 0.6) is 0 Å². The van der Waals surface area contributed by atoms with Gasteiger partial charge < -0.3 is 4.57 Å². The highest BCUT2D eigenvalue weighted by atomic mass is 15.1. The Kier molecular flexibility index (Phi) is 2.12. The summed E-state index contributed by atoms with van der Waals surface area (Å²) in [7, 11) is 0. The SMILES string of the molecule is C=Cn1c(C(C)C)nc2ccccc21. The Hall–Kier alpha value is -1.57. The van der Waals surface area contributed by atoms with Gasteiger partial charge in [0.05, 0.1) is 11.0 Å². The van der Waals surface area contributed by atoms with Gasteiger partial charge in [-0.05, 0) is 12.1 Å². The van der Waals surface area contributed by atoms with Gasteiger partial charge in [0.2, 0.25) is 0 Å². The van der Waals surface area contributed by atoms with Gasteiger partial charge in [-0.25, -0.2) is 4.98 Å². The Morgan fingerprint density at radius 2 is 2.07 bits per heavy atom. The lowest BCUT2D eigenvalue weighted by Gasteiger charge is -2.04. The molecule has 0 bridgehead atoms. The lowest BCUT2D eigenvalue weighted by molar-refractivity contribution is 0.772. The van der Waals surface area contributed by atoms with Crippen LogP contribution in [0.15, 0.2) is 30.8 Å². The fraction of sp³-hybridized carbons (Fsp3) is 0.250. The van der Waals surface area contributed by atoms with Gasteiger partial charge in [0, 0.05) is 12.1 Å². The molecule has 0 aliphatic rings. The number of benzene rings is 1. The van der Waals surface area contributed by atoms with E-state index in [1.807, 2.05) is 24.4 Å². The van der Waals surface area contributed by atoms with Crippen molar-refractivity contribution in [1.82, 2.24) is 9.55 Å². The summed E-state index contributed by atoms with van der Waals surface area (Å²) in [4.78, 5) is 4.57. The highest BCUT2D eigenvalue weighted by Gasteiger charge is 2.10. The molecular weight excluding hydrogens is 172 g/mol. The maximum absolute atomic E-state index is 4.57. The highest BCUT2D eigenvalue weighted by molar-refractivity contribution is 5.78. The van der Waals surface area contributed by atoms with Crippen LogP contribution in [0.1, 0.15) is 25.6 Å². The number of hydrogen-bond acceptors (Lipinski definition) is 1. The molecule has 72 valence electrons. The normalized spacial score (nSPS) is 11.1. The summed E-state index contributed by atoms with van der Waals surface area (Å²) in [5.74, 6) is 1.49. The number of imidazole rings is 1. The number of rotatable bonds is 2. The average Bonchev–Trinajstić information content (AvgIpc) is 2.56. The van der Waals surface area contributed by atoms with Gasteiger partial charge in [-0.3, -0.25) is 0 Å². The second-order valence-electron chi connectivity index (χ2n) is 3.67. The van der Waals surface area contributed by atoms with Crippen molar-refractivity contribution in [3.05, 3.63) is 36.7 Å².